The maximum Gasteiger partial charge on any atom is 0.0682 e. The van der Waals surface area contributed by atoms with E-state index < -0.39 is 0 Å². The van der Waals surface area contributed by atoms with E-state index in [1.54, 1.807) is 0 Å². The van der Waals surface area contributed by atoms with Gasteiger partial charge in [-0.05, 0) is 34.0 Å². The molecule has 2 aromatic rings. The molecule has 0 saturated carbocycles. The lowest BCUT2D eigenvalue weighted by Gasteiger charge is -2.03. The topological polar surface area (TPSA) is 46.2 Å². The zero-order valence-electron chi connectivity index (χ0n) is 7.90. The first kappa shape index (κ1) is 9.19. The van der Waals surface area contributed by atoms with Gasteiger partial charge in [0, 0.05) is 6.54 Å². The van der Waals surface area contributed by atoms with E-state index in [0.29, 0.717) is 6.54 Å². The lowest BCUT2D eigenvalue weighted by molar-refractivity contribution is 0.282. The number of benzene rings is 2. The summed E-state index contributed by atoms with van der Waals surface area (Å²) in [5, 5.41) is 11.3. The molecule has 0 spiro atoms. The maximum absolute atomic E-state index is 8.98. The lowest BCUT2D eigenvalue weighted by Crippen LogP contribution is -1.95. The number of aliphatic hydroxyl groups excluding tert-OH is 1. The van der Waals surface area contributed by atoms with Gasteiger partial charge in [0.1, 0.15) is 0 Å². The van der Waals surface area contributed by atoms with Crippen molar-refractivity contribution in [1.29, 1.82) is 0 Å². The SMILES string of the molecule is NCc1ccc2cc(CO)ccc2c1. The molecule has 72 valence electrons. The van der Waals surface area contributed by atoms with E-state index >= 15 is 0 Å². The Kier molecular flexibility index (Phi) is 2.48. The predicted molar refractivity (Wildman–Crippen MR) is 57.8 cm³/mol. The van der Waals surface area contributed by atoms with Gasteiger partial charge in [0.15, 0.2) is 0 Å². The highest BCUT2D eigenvalue weighted by atomic mass is 16.3. The number of aliphatic hydroxyl groups is 1. The molecule has 2 heteroatoms. The van der Waals surface area contributed by atoms with Crippen molar-refractivity contribution in [2.24, 2.45) is 5.73 Å². The first-order valence-electron chi connectivity index (χ1n) is 4.66. The molecule has 2 rings (SSSR count). The zero-order chi connectivity index (χ0) is 9.97. The molecule has 0 atom stereocenters. The summed E-state index contributed by atoms with van der Waals surface area (Å²) in [6.45, 7) is 0.659. The molecule has 0 saturated heterocycles. The van der Waals surface area contributed by atoms with E-state index in [1.807, 2.05) is 30.3 Å². The summed E-state index contributed by atoms with van der Waals surface area (Å²) in [7, 11) is 0. The number of hydrogen-bond acceptors (Lipinski definition) is 2. The van der Waals surface area contributed by atoms with E-state index in [9.17, 15) is 0 Å². The average molecular weight is 187 g/mol. The molecule has 14 heavy (non-hydrogen) atoms. The third-order valence-corrected chi connectivity index (χ3v) is 2.39. The standard InChI is InChI=1S/C12H13NO/c13-7-9-1-3-12-6-10(8-14)2-4-11(12)5-9/h1-6,14H,7-8,13H2. The Morgan fingerprint density at radius 2 is 1.50 bits per heavy atom. The van der Waals surface area contributed by atoms with E-state index in [1.165, 1.54) is 5.39 Å². The van der Waals surface area contributed by atoms with Crippen LogP contribution in [0.1, 0.15) is 11.1 Å². The van der Waals surface area contributed by atoms with Crippen LogP contribution >= 0.6 is 0 Å². The van der Waals surface area contributed by atoms with Crippen LogP contribution in [0.2, 0.25) is 0 Å². The molecule has 0 radical (unpaired) electrons. The van der Waals surface area contributed by atoms with Crippen molar-refractivity contribution in [3.8, 4) is 0 Å². The minimum atomic E-state index is 0.0918. The highest BCUT2D eigenvalue weighted by Crippen LogP contribution is 2.17. The molecule has 0 heterocycles. The zero-order valence-corrected chi connectivity index (χ0v) is 7.90. The second kappa shape index (κ2) is 3.78. The van der Waals surface area contributed by atoms with Crippen LogP contribution in [0.3, 0.4) is 0 Å². The van der Waals surface area contributed by atoms with Gasteiger partial charge >= 0.3 is 0 Å². The predicted octanol–water partition coefficient (Wildman–Crippen LogP) is 1.79. The Balaban J connectivity index is 2.57. The van der Waals surface area contributed by atoms with Gasteiger partial charge < -0.3 is 10.8 Å². The number of nitrogens with two attached hydrogens (primary N) is 1. The van der Waals surface area contributed by atoms with Gasteiger partial charge in [-0.15, -0.1) is 0 Å². The summed E-state index contributed by atoms with van der Waals surface area (Å²) in [6.07, 6.45) is 0. The summed E-state index contributed by atoms with van der Waals surface area (Å²) in [5.41, 5.74) is 7.63. The second-order valence-electron chi connectivity index (χ2n) is 3.38. The Labute approximate surface area is 83.0 Å². The summed E-state index contributed by atoms with van der Waals surface area (Å²) in [4.78, 5) is 0. The number of hydrogen-bond donors (Lipinski definition) is 2. The van der Waals surface area contributed by atoms with Crippen LogP contribution in [-0.4, -0.2) is 5.11 Å². The van der Waals surface area contributed by atoms with Crippen molar-refractivity contribution >= 4 is 10.8 Å². The molecular formula is C12H13NO. The summed E-state index contributed by atoms with van der Waals surface area (Å²) in [5.74, 6) is 0. The summed E-state index contributed by atoms with van der Waals surface area (Å²) >= 11 is 0. The van der Waals surface area contributed by atoms with E-state index in [0.717, 1.165) is 16.5 Å². The Morgan fingerprint density at radius 3 is 2.07 bits per heavy atom. The molecule has 0 aliphatic carbocycles. The number of rotatable bonds is 2. The minimum absolute atomic E-state index is 0.0918. The fraction of sp³-hybridized carbons (Fsp3) is 0.167. The van der Waals surface area contributed by atoms with Crippen molar-refractivity contribution in [3.63, 3.8) is 0 Å². The second-order valence-corrected chi connectivity index (χ2v) is 3.38. The van der Waals surface area contributed by atoms with Gasteiger partial charge in [0.2, 0.25) is 0 Å². The third-order valence-electron chi connectivity index (χ3n) is 2.39. The van der Waals surface area contributed by atoms with Gasteiger partial charge in [-0.3, -0.25) is 0 Å². The summed E-state index contributed by atoms with van der Waals surface area (Å²) in [6, 6.07) is 12.1. The molecule has 0 bridgehead atoms. The van der Waals surface area contributed by atoms with Crippen LogP contribution < -0.4 is 5.73 Å². The number of fused-ring (bicyclic) bond motifs is 1. The van der Waals surface area contributed by atoms with Crippen LogP contribution in [0.25, 0.3) is 10.8 Å². The highest BCUT2D eigenvalue weighted by molar-refractivity contribution is 5.83. The van der Waals surface area contributed by atoms with Crippen molar-refractivity contribution in [2.75, 3.05) is 0 Å². The van der Waals surface area contributed by atoms with Gasteiger partial charge in [0.05, 0.1) is 6.61 Å². The fourth-order valence-electron chi connectivity index (χ4n) is 1.57. The largest absolute Gasteiger partial charge is 0.392 e. The minimum Gasteiger partial charge on any atom is -0.392 e. The van der Waals surface area contributed by atoms with Crippen LogP contribution in [0.4, 0.5) is 0 Å². The van der Waals surface area contributed by atoms with Gasteiger partial charge in [-0.25, -0.2) is 0 Å². The molecule has 2 aromatic carbocycles. The van der Waals surface area contributed by atoms with Gasteiger partial charge in [0.25, 0.3) is 0 Å². The highest BCUT2D eigenvalue weighted by Gasteiger charge is 1.96. The lowest BCUT2D eigenvalue weighted by atomic mass is 10.0. The van der Waals surface area contributed by atoms with Crippen molar-refractivity contribution < 1.29 is 5.11 Å². The molecule has 0 aliphatic heterocycles. The maximum atomic E-state index is 8.98. The Morgan fingerprint density at radius 1 is 0.929 bits per heavy atom. The van der Waals surface area contributed by atoms with Crippen molar-refractivity contribution in [2.45, 2.75) is 13.2 Å². The molecular weight excluding hydrogens is 174 g/mol. The van der Waals surface area contributed by atoms with Gasteiger partial charge in [-0.1, -0.05) is 24.3 Å². The smallest absolute Gasteiger partial charge is 0.0682 e. The molecule has 0 aliphatic rings. The fourth-order valence-corrected chi connectivity index (χ4v) is 1.57. The molecule has 0 amide bonds. The quantitative estimate of drug-likeness (QED) is 0.753. The van der Waals surface area contributed by atoms with E-state index in [-0.39, 0.29) is 6.61 Å². The van der Waals surface area contributed by atoms with Crippen LogP contribution in [0, 0.1) is 0 Å². The first-order valence-corrected chi connectivity index (χ1v) is 4.66. The van der Waals surface area contributed by atoms with Crippen molar-refractivity contribution in [1.82, 2.24) is 0 Å². The van der Waals surface area contributed by atoms with Crippen LogP contribution in [0.5, 0.6) is 0 Å². The van der Waals surface area contributed by atoms with E-state index in [4.69, 9.17) is 10.8 Å². The monoisotopic (exact) mass is 187 g/mol. The molecule has 0 fully saturated rings. The third kappa shape index (κ3) is 1.62. The molecule has 3 N–H and O–H groups in total. The Bertz CT molecular complexity index is 408. The molecule has 0 aromatic heterocycles. The Hall–Kier alpha value is -1.38. The van der Waals surface area contributed by atoms with Crippen LogP contribution in [-0.2, 0) is 13.2 Å². The first-order chi connectivity index (χ1) is 6.83. The van der Waals surface area contributed by atoms with Gasteiger partial charge in [-0.2, -0.15) is 0 Å². The molecule has 2 nitrogen and oxygen atoms in total. The van der Waals surface area contributed by atoms with E-state index in [2.05, 4.69) is 6.07 Å². The average Bonchev–Trinajstić information content (AvgIpc) is 2.27. The normalized spacial score (nSPS) is 10.7. The van der Waals surface area contributed by atoms with Crippen molar-refractivity contribution in [3.05, 3.63) is 47.5 Å². The molecule has 0 unspecified atom stereocenters. The summed E-state index contributed by atoms with van der Waals surface area (Å²) < 4.78 is 0. The van der Waals surface area contributed by atoms with Crippen LogP contribution in [0.15, 0.2) is 36.4 Å².